The zero-order valence-corrected chi connectivity index (χ0v) is 10.3. The highest BCUT2D eigenvalue weighted by Crippen LogP contribution is 2.28. The number of benzene rings is 1. The molecule has 0 amide bonds. The predicted octanol–water partition coefficient (Wildman–Crippen LogP) is 3.62. The molecule has 1 aromatic carbocycles. The minimum atomic E-state index is -3.20. The zero-order chi connectivity index (χ0) is 13.1. The van der Waals surface area contributed by atoms with Gasteiger partial charge in [0.05, 0.1) is 5.92 Å². The van der Waals surface area contributed by atoms with Crippen LogP contribution in [0.15, 0.2) is 24.3 Å². The maximum atomic E-state index is 13.2. The molecule has 0 aliphatic carbocycles. The number of halogens is 3. The van der Waals surface area contributed by atoms with E-state index >= 15 is 0 Å². The van der Waals surface area contributed by atoms with Crippen molar-refractivity contribution in [2.75, 3.05) is 0 Å². The van der Waals surface area contributed by atoms with Gasteiger partial charge in [0.2, 0.25) is 5.24 Å². The van der Waals surface area contributed by atoms with E-state index in [1.54, 1.807) is 0 Å². The molecule has 0 unspecified atom stereocenters. The smallest absolute Gasteiger partial charge is 0.400 e. The number of hydrogen-bond acceptors (Lipinski definition) is 2. The lowest BCUT2D eigenvalue weighted by Gasteiger charge is -2.21. The molecule has 1 aromatic rings. The molecule has 1 rings (SSSR count). The summed E-state index contributed by atoms with van der Waals surface area (Å²) in [5.41, 5.74) is 0.658. The Morgan fingerprint density at radius 3 is 2.29 bits per heavy atom. The second-order valence-corrected chi connectivity index (χ2v) is 4.42. The van der Waals surface area contributed by atoms with Gasteiger partial charge in [-0.2, -0.15) is 8.78 Å². The van der Waals surface area contributed by atoms with Gasteiger partial charge >= 0.3 is 6.11 Å². The molecule has 0 N–H and O–H groups in total. The number of hydrogen-bond donors (Lipinski definition) is 0. The molecule has 5 heteroatoms. The SMILES string of the molecule is CC(C)C(F)(F)Oc1ccc(CC(=O)Cl)cc1. The van der Waals surface area contributed by atoms with Crippen molar-refractivity contribution in [3.05, 3.63) is 29.8 Å². The summed E-state index contributed by atoms with van der Waals surface area (Å²) >= 11 is 5.21. The lowest BCUT2D eigenvalue weighted by Crippen LogP contribution is -2.31. The highest BCUT2D eigenvalue weighted by atomic mass is 35.5. The lowest BCUT2D eigenvalue weighted by atomic mass is 10.1. The molecule has 0 saturated heterocycles. The van der Waals surface area contributed by atoms with E-state index in [0.717, 1.165) is 0 Å². The van der Waals surface area contributed by atoms with Crippen molar-refractivity contribution in [2.24, 2.45) is 5.92 Å². The second-order valence-electron chi connectivity index (χ2n) is 3.99. The van der Waals surface area contributed by atoms with Crippen LogP contribution in [0.3, 0.4) is 0 Å². The van der Waals surface area contributed by atoms with Crippen molar-refractivity contribution < 1.29 is 18.3 Å². The van der Waals surface area contributed by atoms with Crippen LogP contribution in [0.1, 0.15) is 19.4 Å². The van der Waals surface area contributed by atoms with Crippen molar-refractivity contribution in [1.29, 1.82) is 0 Å². The third-order valence-electron chi connectivity index (χ3n) is 2.19. The molecule has 0 aliphatic heterocycles. The minimum absolute atomic E-state index is 0.0643. The first kappa shape index (κ1) is 13.9. The minimum Gasteiger partial charge on any atom is -0.432 e. The van der Waals surface area contributed by atoms with Crippen LogP contribution in [0.25, 0.3) is 0 Å². The highest BCUT2D eigenvalue weighted by molar-refractivity contribution is 6.63. The molecule has 0 aliphatic rings. The zero-order valence-electron chi connectivity index (χ0n) is 9.54. The summed E-state index contributed by atoms with van der Waals surface area (Å²) in [5.74, 6) is -0.846. The van der Waals surface area contributed by atoms with Gasteiger partial charge in [0, 0.05) is 6.42 Å². The first-order valence-electron chi connectivity index (χ1n) is 5.15. The van der Waals surface area contributed by atoms with Crippen LogP contribution in [0.4, 0.5) is 8.78 Å². The molecule has 17 heavy (non-hydrogen) atoms. The Bertz CT molecular complexity index is 388. The van der Waals surface area contributed by atoms with E-state index in [4.69, 9.17) is 11.6 Å². The fourth-order valence-electron chi connectivity index (χ4n) is 1.11. The molecular formula is C12H13ClF2O2. The van der Waals surface area contributed by atoms with Crippen molar-refractivity contribution in [3.63, 3.8) is 0 Å². The van der Waals surface area contributed by atoms with Crippen molar-refractivity contribution in [2.45, 2.75) is 26.4 Å². The number of carbonyl (C=O) groups excluding carboxylic acids is 1. The standard InChI is InChI=1S/C12H13ClF2O2/c1-8(2)12(14,15)17-10-5-3-9(4-6-10)7-11(13)16/h3-6,8H,7H2,1-2H3. The van der Waals surface area contributed by atoms with Gasteiger partial charge in [-0.15, -0.1) is 0 Å². The Morgan fingerprint density at radius 2 is 1.88 bits per heavy atom. The van der Waals surface area contributed by atoms with Gasteiger partial charge in [-0.1, -0.05) is 26.0 Å². The van der Waals surface area contributed by atoms with Gasteiger partial charge in [-0.3, -0.25) is 4.79 Å². The maximum absolute atomic E-state index is 13.2. The Kier molecular flexibility index (Phi) is 4.46. The Labute approximate surface area is 104 Å². The molecular weight excluding hydrogens is 250 g/mol. The monoisotopic (exact) mass is 262 g/mol. The van der Waals surface area contributed by atoms with E-state index in [9.17, 15) is 13.6 Å². The van der Waals surface area contributed by atoms with E-state index in [0.29, 0.717) is 5.56 Å². The number of alkyl halides is 2. The largest absolute Gasteiger partial charge is 0.432 e. The number of rotatable bonds is 5. The van der Waals surface area contributed by atoms with E-state index in [-0.39, 0.29) is 12.2 Å². The van der Waals surface area contributed by atoms with Gasteiger partial charge in [0.15, 0.2) is 0 Å². The first-order chi connectivity index (χ1) is 7.81. The van der Waals surface area contributed by atoms with Gasteiger partial charge in [0.25, 0.3) is 0 Å². The summed E-state index contributed by atoms with van der Waals surface area (Å²) in [5, 5.41) is -0.494. The Morgan fingerprint density at radius 1 is 1.35 bits per heavy atom. The molecule has 0 atom stereocenters. The van der Waals surface area contributed by atoms with Crippen LogP contribution < -0.4 is 4.74 Å². The normalized spacial score (nSPS) is 11.6. The molecule has 0 radical (unpaired) electrons. The quantitative estimate of drug-likeness (QED) is 0.758. The van der Waals surface area contributed by atoms with Crippen LogP contribution >= 0.6 is 11.6 Å². The van der Waals surface area contributed by atoms with Crippen LogP contribution in [0.5, 0.6) is 5.75 Å². The third-order valence-corrected chi connectivity index (χ3v) is 2.33. The summed E-state index contributed by atoms with van der Waals surface area (Å²) in [6.45, 7) is 2.75. The predicted molar refractivity (Wildman–Crippen MR) is 61.4 cm³/mol. The molecule has 0 fully saturated rings. The van der Waals surface area contributed by atoms with Crippen LogP contribution in [0.2, 0.25) is 0 Å². The number of carbonyl (C=O) groups is 1. The second kappa shape index (κ2) is 5.45. The van der Waals surface area contributed by atoms with Gasteiger partial charge in [0.1, 0.15) is 5.75 Å². The average Bonchev–Trinajstić information content (AvgIpc) is 2.19. The van der Waals surface area contributed by atoms with Gasteiger partial charge in [-0.25, -0.2) is 0 Å². The van der Waals surface area contributed by atoms with Crippen molar-refractivity contribution in [1.82, 2.24) is 0 Å². The average molecular weight is 263 g/mol. The van der Waals surface area contributed by atoms with Crippen LogP contribution in [0, 0.1) is 5.92 Å². The lowest BCUT2D eigenvalue weighted by molar-refractivity contribution is -0.207. The summed E-state index contributed by atoms with van der Waals surface area (Å²) < 4.78 is 31.1. The fourth-order valence-corrected chi connectivity index (χ4v) is 1.27. The summed E-state index contributed by atoms with van der Waals surface area (Å²) in [7, 11) is 0. The van der Waals surface area contributed by atoms with E-state index in [1.165, 1.54) is 38.1 Å². The maximum Gasteiger partial charge on any atom is 0.400 e. The van der Waals surface area contributed by atoms with Crippen LogP contribution in [-0.4, -0.2) is 11.4 Å². The molecule has 94 valence electrons. The summed E-state index contributed by atoms with van der Waals surface area (Å²) in [6, 6.07) is 5.86. The topological polar surface area (TPSA) is 26.3 Å². The van der Waals surface area contributed by atoms with E-state index in [2.05, 4.69) is 4.74 Å². The van der Waals surface area contributed by atoms with Crippen molar-refractivity contribution >= 4 is 16.8 Å². The fraction of sp³-hybridized carbons (Fsp3) is 0.417. The first-order valence-corrected chi connectivity index (χ1v) is 5.53. The molecule has 0 spiro atoms. The van der Waals surface area contributed by atoms with Crippen LogP contribution in [-0.2, 0) is 11.2 Å². The highest BCUT2D eigenvalue weighted by Gasteiger charge is 2.35. The molecule has 0 saturated carbocycles. The molecule has 0 heterocycles. The Hall–Kier alpha value is -1.16. The molecule has 2 nitrogen and oxygen atoms in total. The van der Waals surface area contributed by atoms with Crippen molar-refractivity contribution in [3.8, 4) is 5.75 Å². The molecule has 0 aromatic heterocycles. The van der Waals surface area contributed by atoms with E-state index < -0.39 is 17.3 Å². The molecule has 0 bridgehead atoms. The van der Waals surface area contributed by atoms with Gasteiger partial charge in [-0.05, 0) is 29.3 Å². The summed E-state index contributed by atoms with van der Waals surface area (Å²) in [4.78, 5) is 10.6. The third kappa shape index (κ3) is 4.30. The van der Waals surface area contributed by atoms with Gasteiger partial charge < -0.3 is 4.74 Å². The number of ether oxygens (including phenoxy) is 1. The Balaban J connectivity index is 2.72. The summed E-state index contributed by atoms with van der Waals surface area (Å²) in [6.07, 6.45) is -3.13. The van der Waals surface area contributed by atoms with E-state index in [1.807, 2.05) is 0 Å².